The molecule has 0 aliphatic carbocycles. The number of sulfone groups is 1. The van der Waals surface area contributed by atoms with Crippen LogP contribution in [0.15, 0.2) is 53.8 Å². The van der Waals surface area contributed by atoms with Gasteiger partial charge in [0.2, 0.25) is 15.0 Å². The summed E-state index contributed by atoms with van der Waals surface area (Å²) in [6, 6.07) is 13.1. The Bertz CT molecular complexity index is 1220. The first-order valence-corrected chi connectivity index (χ1v) is 12.5. The van der Waals surface area contributed by atoms with E-state index in [9.17, 15) is 8.42 Å². The molecule has 4 rings (SSSR count). The third kappa shape index (κ3) is 4.69. The zero-order valence-electron chi connectivity index (χ0n) is 17.9. The van der Waals surface area contributed by atoms with Crippen molar-refractivity contribution < 1.29 is 8.42 Å². The Kier molecular flexibility index (Phi) is 6.32. The largest absolute Gasteiger partial charge is 0.352 e. The average Bonchev–Trinajstić information content (AvgIpc) is 2.78. The second-order valence-corrected chi connectivity index (χ2v) is 10.2. The van der Waals surface area contributed by atoms with Gasteiger partial charge >= 0.3 is 0 Å². The van der Waals surface area contributed by atoms with Gasteiger partial charge in [-0.1, -0.05) is 35.9 Å². The molecule has 1 saturated heterocycles. The summed E-state index contributed by atoms with van der Waals surface area (Å²) < 4.78 is 24.6. The van der Waals surface area contributed by atoms with Gasteiger partial charge in [-0.3, -0.25) is 0 Å². The lowest BCUT2D eigenvalue weighted by atomic mass is 10.1. The van der Waals surface area contributed by atoms with E-state index in [-0.39, 0.29) is 11.2 Å². The van der Waals surface area contributed by atoms with Gasteiger partial charge in [0.05, 0.1) is 10.7 Å². The fourth-order valence-electron chi connectivity index (χ4n) is 3.79. The number of piperazine rings is 1. The molecule has 2 aromatic heterocycles. The quantitative estimate of drug-likeness (QED) is 0.565. The van der Waals surface area contributed by atoms with Crippen LogP contribution >= 0.6 is 11.6 Å². The Hall–Kier alpha value is -2.75. The topological polar surface area (TPSA) is 105 Å². The highest BCUT2D eigenvalue weighted by Crippen LogP contribution is 2.29. The maximum Gasteiger partial charge on any atom is 0.249 e. The molecule has 8 nitrogen and oxygen atoms in total. The highest BCUT2D eigenvalue weighted by atomic mass is 35.5. The van der Waals surface area contributed by atoms with Crippen molar-refractivity contribution in [3.63, 3.8) is 0 Å². The molecular weight excluding hydrogens is 448 g/mol. The minimum Gasteiger partial charge on any atom is -0.352 e. The van der Waals surface area contributed by atoms with Crippen LogP contribution in [0.4, 0.5) is 11.6 Å². The lowest BCUT2D eigenvalue weighted by molar-refractivity contribution is 0.539. The van der Waals surface area contributed by atoms with E-state index in [1.807, 2.05) is 36.4 Å². The van der Waals surface area contributed by atoms with Crippen LogP contribution in [0.25, 0.3) is 11.3 Å². The van der Waals surface area contributed by atoms with Crippen molar-refractivity contribution in [1.82, 2.24) is 15.0 Å². The van der Waals surface area contributed by atoms with E-state index in [0.717, 1.165) is 23.2 Å². The third-order valence-electron chi connectivity index (χ3n) is 5.47. The maximum atomic E-state index is 12.3. The van der Waals surface area contributed by atoms with Gasteiger partial charge < -0.3 is 15.5 Å². The molecule has 3 aromatic rings. The van der Waals surface area contributed by atoms with Gasteiger partial charge in [-0.05, 0) is 24.6 Å². The molecule has 0 radical (unpaired) electrons. The molecule has 168 valence electrons. The average molecular weight is 473 g/mol. The Morgan fingerprint density at radius 3 is 2.53 bits per heavy atom. The summed E-state index contributed by atoms with van der Waals surface area (Å²) in [4.78, 5) is 17.4. The number of anilines is 2. The highest BCUT2D eigenvalue weighted by molar-refractivity contribution is 7.90. The Labute approximate surface area is 193 Å². The summed E-state index contributed by atoms with van der Waals surface area (Å²) in [6.07, 6.45) is 2.85. The van der Waals surface area contributed by atoms with Crippen molar-refractivity contribution in [3.05, 3.63) is 59.2 Å². The third-order valence-corrected chi connectivity index (χ3v) is 6.61. The number of benzene rings is 1. The van der Waals surface area contributed by atoms with Crippen LogP contribution in [0.3, 0.4) is 0 Å². The van der Waals surface area contributed by atoms with Crippen LogP contribution in [-0.4, -0.2) is 55.3 Å². The van der Waals surface area contributed by atoms with Gasteiger partial charge in [0.1, 0.15) is 11.6 Å². The van der Waals surface area contributed by atoms with Gasteiger partial charge in [0.25, 0.3) is 0 Å². The minimum atomic E-state index is -3.59. The van der Waals surface area contributed by atoms with E-state index in [0.29, 0.717) is 42.7 Å². The van der Waals surface area contributed by atoms with Crippen molar-refractivity contribution in [2.24, 2.45) is 5.73 Å². The molecule has 1 unspecified atom stereocenters. The molecule has 0 spiro atoms. The number of aromatic nitrogens is 3. The number of hydrogen-bond acceptors (Lipinski definition) is 8. The summed E-state index contributed by atoms with van der Waals surface area (Å²) in [5.41, 5.74) is 8.05. The first-order chi connectivity index (χ1) is 15.3. The lowest BCUT2D eigenvalue weighted by Crippen LogP contribution is -2.52. The van der Waals surface area contributed by atoms with Crippen molar-refractivity contribution in [2.45, 2.75) is 24.7 Å². The molecule has 0 bridgehead atoms. The SMILES string of the molecule is CC1CN(c2ncccc2Cl)CCN1c1cc(-c2ccc(CN)cc2)nc(S(C)(=O)=O)n1. The van der Waals surface area contributed by atoms with E-state index in [1.165, 1.54) is 0 Å². The lowest BCUT2D eigenvalue weighted by Gasteiger charge is -2.41. The minimum absolute atomic E-state index is 0.0524. The number of rotatable bonds is 5. The molecule has 1 aromatic carbocycles. The molecule has 1 aliphatic heterocycles. The van der Waals surface area contributed by atoms with Crippen LogP contribution in [0.1, 0.15) is 12.5 Å². The molecule has 3 heterocycles. The molecular formula is C22H25ClN6O2S. The smallest absolute Gasteiger partial charge is 0.249 e. The van der Waals surface area contributed by atoms with Gasteiger partial charge in [-0.15, -0.1) is 0 Å². The first-order valence-electron chi connectivity index (χ1n) is 10.3. The number of hydrogen-bond donors (Lipinski definition) is 1. The van der Waals surface area contributed by atoms with Gasteiger partial charge in [0, 0.05) is 56.3 Å². The van der Waals surface area contributed by atoms with E-state index < -0.39 is 9.84 Å². The maximum absolute atomic E-state index is 12.3. The van der Waals surface area contributed by atoms with E-state index in [2.05, 4.69) is 31.7 Å². The Balaban J connectivity index is 1.67. The highest BCUT2D eigenvalue weighted by Gasteiger charge is 2.28. The van der Waals surface area contributed by atoms with Crippen molar-refractivity contribution in [2.75, 3.05) is 35.7 Å². The van der Waals surface area contributed by atoms with Crippen LogP contribution in [0.5, 0.6) is 0 Å². The molecule has 1 fully saturated rings. The van der Waals surface area contributed by atoms with Crippen molar-refractivity contribution in [3.8, 4) is 11.3 Å². The standard InChI is InChI=1S/C22H25ClN6O2S/c1-15-14-28(21-18(23)4-3-9-25-21)10-11-29(15)20-12-19(26-22(27-20)32(2,30)31)17-7-5-16(13-24)6-8-17/h3-9,12,15H,10-11,13-14,24H2,1-2H3. The van der Waals surface area contributed by atoms with Gasteiger partial charge in [-0.25, -0.2) is 23.4 Å². The van der Waals surface area contributed by atoms with Crippen LogP contribution < -0.4 is 15.5 Å². The normalized spacial score (nSPS) is 16.9. The molecule has 0 amide bonds. The van der Waals surface area contributed by atoms with Gasteiger partial charge in [-0.2, -0.15) is 0 Å². The zero-order valence-corrected chi connectivity index (χ0v) is 19.5. The Morgan fingerprint density at radius 2 is 1.91 bits per heavy atom. The van der Waals surface area contributed by atoms with Crippen molar-refractivity contribution >= 4 is 33.1 Å². The molecule has 1 aliphatic rings. The zero-order chi connectivity index (χ0) is 22.9. The van der Waals surface area contributed by atoms with Crippen molar-refractivity contribution in [1.29, 1.82) is 0 Å². The fourth-order valence-corrected chi connectivity index (χ4v) is 4.55. The van der Waals surface area contributed by atoms with Gasteiger partial charge in [0.15, 0.2) is 0 Å². The molecule has 0 saturated carbocycles. The molecule has 32 heavy (non-hydrogen) atoms. The summed E-state index contributed by atoms with van der Waals surface area (Å²) in [7, 11) is -3.59. The predicted octanol–water partition coefficient (Wildman–Crippen LogP) is 2.77. The number of halogens is 1. The van der Waals surface area contributed by atoms with E-state index >= 15 is 0 Å². The summed E-state index contributed by atoms with van der Waals surface area (Å²) >= 11 is 6.33. The van der Waals surface area contributed by atoms with E-state index in [4.69, 9.17) is 17.3 Å². The van der Waals surface area contributed by atoms with E-state index in [1.54, 1.807) is 12.3 Å². The summed E-state index contributed by atoms with van der Waals surface area (Å²) in [6.45, 7) is 4.50. The molecule has 2 N–H and O–H groups in total. The number of pyridine rings is 1. The summed E-state index contributed by atoms with van der Waals surface area (Å²) in [5, 5.41) is 0.424. The Morgan fingerprint density at radius 1 is 1.16 bits per heavy atom. The second-order valence-electron chi connectivity index (χ2n) is 7.86. The predicted molar refractivity (Wildman–Crippen MR) is 127 cm³/mol. The second kappa shape index (κ2) is 9.01. The first kappa shape index (κ1) is 22.4. The molecule has 1 atom stereocenters. The van der Waals surface area contributed by atoms with Crippen LogP contribution in [0, 0.1) is 0 Å². The fraction of sp³-hybridized carbons (Fsp3) is 0.318. The summed E-state index contributed by atoms with van der Waals surface area (Å²) in [5.74, 6) is 1.33. The monoisotopic (exact) mass is 472 g/mol. The van der Waals surface area contributed by atoms with Crippen LogP contribution in [0.2, 0.25) is 5.02 Å². The molecule has 10 heteroatoms. The number of nitrogens with two attached hydrogens (primary N) is 1. The number of nitrogens with zero attached hydrogens (tertiary/aromatic N) is 5. The van der Waals surface area contributed by atoms with Crippen LogP contribution in [-0.2, 0) is 16.4 Å².